The molecule has 0 aromatic carbocycles. The minimum absolute atomic E-state index is 0.227. The van der Waals surface area contributed by atoms with Crippen molar-refractivity contribution in [2.75, 3.05) is 33.2 Å². The van der Waals surface area contributed by atoms with Crippen molar-refractivity contribution < 1.29 is 4.79 Å². The SMILES string of the molecule is CC1CCCCC1N(C)C(=O)N1CCNCC1. The van der Waals surface area contributed by atoms with Gasteiger partial charge in [-0.2, -0.15) is 0 Å². The van der Waals surface area contributed by atoms with Gasteiger partial charge in [0.05, 0.1) is 0 Å². The second kappa shape index (κ2) is 5.71. The summed E-state index contributed by atoms with van der Waals surface area (Å²) in [6.07, 6.45) is 5.04. The van der Waals surface area contributed by atoms with E-state index in [1.165, 1.54) is 25.7 Å². The third-order valence-corrected chi connectivity index (χ3v) is 4.25. The summed E-state index contributed by atoms with van der Waals surface area (Å²) in [6, 6.07) is 0.677. The summed E-state index contributed by atoms with van der Waals surface area (Å²) in [7, 11) is 1.98. The average molecular weight is 239 g/mol. The number of hydrogen-bond acceptors (Lipinski definition) is 2. The van der Waals surface area contributed by atoms with Crippen molar-refractivity contribution in [3.63, 3.8) is 0 Å². The molecule has 2 amide bonds. The molecule has 4 nitrogen and oxygen atoms in total. The fourth-order valence-corrected chi connectivity index (χ4v) is 3.09. The fraction of sp³-hybridized carbons (Fsp3) is 0.923. The topological polar surface area (TPSA) is 35.6 Å². The van der Waals surface area contributed by atoms with Gasteiger partial charge in [0.15, 0.2) is 0 Å². The highest BCUT2D eigenvalue weighted by molar-refractivity contribution is 5.74. The summed E-state index contributed by atoms with van der Waals surface area (Å²) < 4.78 is 0. The molecule has 1 aliphatic heterocycles. The van der Waals surface area contributed by atoms with Gasteiger partial charge in [-0.15, -0.1) is 0 Å². The molecular weight excluding hydrogens is 214 g/mol. The highest BCUT2D eigenvalue weighted by Crippen LogP contribution is 2.27. The fourth-order valence-electron chi connectivity index (χ4n) is 3.09. The summed E-state index contributed by atoms with van der Waals surface area (Å²) in [4.78, 5) is 16.3. The van der Waals surface area contributed by atoms with E-state index in [0.717, 1.165) is 26.2 Å². The first-order valence-electron chi connectivity index (χ1n) is 6.92. The number of piperazine rings is 1. The molecule has 1 N–H and O–H groups in total. The van der Waals surface area contributed by atoms with E-state index >= 15 is 0 Å². The number of carbonyl (C=O) groups excluding carboxylic acids is 1. The maximum Gasteiger partial charge on any atom is 0.320 e. The van der Waals surface area contributed by atoms with Gasteiger partial charge in [0.2, 0.25) is 0 Å². The third-order valence-electron chi connectivity index (χ3n) is 4.25. The van der Waals surface area contributed by atoms with Gasteiger partial charge in [0, 0.05) is 39.3 Å². The van der Waals surface area contributed by atoms with Gasteiger partial charge in [-0.1, -0.05) is 19.8 Å². The number of nitrogens with zero attached hydrogens (tertiary/aromatic N) is 2. The van der Waals surface area contributed by atoms with Gasteiger partial charge in [0.25, 0.3) is 0 Å². The molecular formula is C13H25N3O. The van der Waals surface area contributed by atoms with Crippen LogP contribution < -0.4 is 5.32 Å². The Balaban J connectivity index is 1.92. The smallest absolute Gasteiger partial charge is 0.320 e. The molecule has 4 heteroatoms. The number of nitrogens with one attached hydrogen (secondary N) is 1. The average Bonchev–Trinajstić information content (AvgIpc) is 2.39. The molecule has 1 saturated carbocycles. The van der Waals surface area contributed by atoms with Gasteiger partial charge in [-0.3, -0.25) is 0 Å². The van der Waals surface area contributed by atoms with E-state index in [0.29, 0.717) is 12.0 Å². The quantitative estimate of drug-likeness (QED) is 0.753. The molecule has 17 heavy (non-hydrogen) atoms. The molecule has 1 heterocycles. The van der Waals surface area contributed by atoms with E-state index in [1.807, 2.05) is 16.8 Å². The molecule has 0 spiro atoms. The van der Waals surface area contributed by atoms with Crippen molar-refractivity contribution in [1.29, 1.82) is 0 Å². The minimum Gasteiger partial charge on any atom is -0.324 e. The Kier molecular flexibility index (Phi) is 4.26. The van der Waals surface area contributed by atoms with E-state index in [-0.39, 0.29) is 6.03 Å². The van der Waals surface area contributed by atoms with Gasteiger partial charge < -0.3 is 15.1 Å². The van der Waals surface area contributed by atoms with Crippen LogP contribution in [0, 0.1) is 5.92 Å². The van der Waals surface area contributed by atoms with Crippen LogP contribution in [0.3, 0.4) is 0 Å². The normalized spacial score (nSPS) is 30.1. The van der Waals surface area contributed by atoms with E-state index in [4.69, 9.17) is 0 Å². The number of carbonyl (C=O) groups is 1. The van der Waals surface area contributed by atoms with Crippen molar-refractivity contribution in [3.05, 3.63) is 0 Å². The highest BCUT2D eigenvalue weighted by Gasteiger charge is 2.30. The molecule has 0 bridgehead atoms. The van der Waals surface area contributed by atoms with Gasteiger partial charge in [-0.25, -0.2) is 4.79 Å². The molecule has 2 aliphatic rings. The number of rotatable bonds is 1. The predicted octanol–water partition coefficient (Wildman–Crippen LogP) is 1.52. The lowest BCUT2D eigenvalue weighted by molar-refractivity contribution is 0.110. The summed E-state index contributed by atoms with van der Waals surface area (Å²) in [5.41, 5.74) is 0. The third kappa shape index (κ3) is 2.92. The largest absolute Gasteiger partial charge is 0.324 e. The Morgan fingerprint density at radius 2 is 1.88 bits per heavy atom. The molecule has 0 radical (unpaired) electrons. The molecule has 2 rings (SSSR count). The first-order valence-corrected chi connectivity index (χ1v) is 6.92. The van der Waals surface area contributed by atoms with Crippen LogP contribution in [0.1, 0.15) is 32.6 Å². The highest BCUT2D eigenvalue weighted by atomic mass is 16.2. The van der Waals surface area contributed by atoms with Crippen molar-refractivity contribution in [2.45, 2.75) is 38.6 Å². The van der Waals surface area contributed by atoms with Crippen LogP contribution in [-0.4, -0.2) is 55.1 Å². The first kappa shape index (κ1) is 12.7. The number of hydrogen-bond donors (Lipinski definition) is 1. The summed E-state index contributed by atoms with van der Waals surface area (Å²) >= 11 is 0. The second-order valence-corrected chi connectivity index (χ2v) is 5.46. The molecule has 1 aliphatic carbocycles. The van der Waals surface area contributed by atoms with E-state index in [2.05, 4.69) is 12.2 Å². The van der Waals surface area contributed by atoms with Crippen LogP contribution in [0.2, 0.25) is 0 Å². The molecule has 0 aromatic heterocycles. The first-order chi connectivity index (χ1) is 8.20. The summed E-state index contributed by atoms with van der Waals surface area (Å²) in [5, 5.41) is 3.28. The zero-order valence-corrected chi connectivity index (χ0v) is 11.1. The Morgan fingerprint density at radius 1 is 1.24 bits per heavy atom. The Labute approximate surface area is 104 Å². The van der Waals surface area contributed by atoms with Crippen LogP contribution in [-0.2, 0) is 0 Å². The minimum atomic E-state index is 0.227. The van der Waals surface area contributed by atoms with Crippen molar-refractivity contribution in [3.8, 4) is 0 Å². The van der Waals surface area contributed by atoms with Gasteiger partial charge >= 0.3 is 6.03 Å². The van der Waals surface area contributed by atoms with Gasteiger partial charge in [-0.05, 0) is 18.8 Å². The lowest BCUT2D eigenvalue weighted by atomic mass is 9.85. The van der Waals surface area contributed by atoms with Crippen LogP contribution >= 0.6 is 0 Å². The Bertz CT molecular complexity index is 263. The zero-order valence-electron chi connectivity index (χ0n) is 11.1. The van der Waals surface area contributed by atoms with Crippen molar-refractivity contribution >= 4 is 6.03 Å². The maximum atomic E-state index is 12.4. The predicted molar refractivity (Wildman–Crippen MR) is 69.0 cm³/mol. The molecule has 2 fully saturated rings. The lowest BCUT2D eigenvalue weighted by Crippen LogP contribution is -2.54. The second-order valence-electron chi connectivity index (χ2n) is 5.46. The Morgan fingerprint density at radius 3 is 2.53 bits per heavy atom. The van der Waals surface area contributed by atoms with E-state index in [1.54, 1.807) is 0 Å². The zero-order chi connectivity index (χ0) is 12.3. The molecule has 2 atom stereocenters. The van der Waals surface area contributed by atoms with Crippen LogP contribution in [0.25, 0.3) is 0 Å². The summed E-state index contributed by atoms with van der Waals surface area (Å²) in [6.45, 7) is 5.85. The van der Waals surface area contributed by atoms with Crippen molar-refractivity contribution in [2.24, 2.45) is 5.92 Å². The molecule has 1 saturated heterocycles. The monoisotopic (exact) mass is 239 g/mol. The molecule has 98 valence electrons. The Hall–Kier alpha value is -0.770. The van der Waals surface area contributed by atoms with Crippen LogP contribution in [0.4, 0.5) is 4.79 Å². The molecule has 2 unspecified atom stereocenters. The van der Waals surface area contributed by atoms with Gasteiger partial charge in [0.1, 0.15) is 0 Å². The number of urea groups is 1. The van der Waals surface area contributed by atoms with E-state index in [9.17, 15) is 4.79 Å². The maximum absolute atomic E-state index is 12.4. The molecule has 0 aromatic rings. The van der Waals surface area contributed by atoms with Crippen LogP contribution in [0.5, 0.6) is 0 Å². The lowest BCUT2D eigenvalue weighted by Gasteiger charge is -2.39. The van der Waals surface area contributed by atoms with Crippen LogP contribution in [0.15, 0.2) is 0 Å². The number of amides is 2. The van der Waals surface area contributed by atoms with E-state index < -0.39 is 0 Å². The standard InChI is InChI=1S/C13H25N3O/c1-11-5-3-4-6-12(11)15(2)13(17)16-9-7-14-8-10-16/h11-12,14H,3-10H2,1-2H3. The summed E-state index contributed by atoms with van der Waals surface area (Å²) in [5.74, 6) is 0.653. The van der Waals surface area contributed by atoms with Crippen molar-refractivity contribution in [1.82, 2.24) is 15.1 Å².